The van der Waals surface area contributed by atoms with Crippen LogP contribution in [0.2, 0.25) is 0 Å². The molecule has 0 heterocycles. The minimum Gasteiger partial charge on any atom is -0.396 e. The highest BCUT2D eigenvalue weighted by molar-refractivity contribution is 5.75. The number of aliphatic hydroxyl groups excluding tert-OH is 1. The van der Waals surface area contributed by atoms with Crippen LogP contribution in [-0.4, -0.2) is 22.7 Å². The predicted molar refractivity (Wildman–Crippen MR) is 42.5 cm³/mol. The molecule has 2 heteroatoms. The fraction of sp³-hybridized carbons (Fsp3) is 0.667. The van der Waals surface area contributed by atoms with Crippen molar-refractivity contribution in [3.63, 3.8) is 0 Å². The minimum atomic E-state index is 0. The van der Waals surface area contributed by atoms with Gasteiger partial charge < -0.3 is 5.11 Å². The van der Waals surface area contributed by atoms with E-state index >= 15 is 0 Å². The first-order chi connectivity index (χ1) is 3.41. The highest BCUT2D eigenvalue weighted by Crippen LogP contribution is 1.82. The van der Waals surface area contributed by atoms with Gasteiger partial charge in [-0.3, -0.25) is 0 Å². The van der Waals surface area contributed by atoms with Crippen LogP contribution in [0.4, 0.5) is 0 Å². The lowest BCUT2D eigenvalue weighted by molar-refractivity contribution is 0.302. The molecule has 8 heavy (non-hydrogen) atoms. The Hall–Kier alpha value is -0.0831. The highest BCUT2D eigenvalue weighted by atomic mass is 28.1. The molecule has 0 fully saturated rings. The summed E-state index contributed by atoms with van der Waals surface area (Å²) >= 11 is 0. The predicted octanol–water partition coefficient (Wildman–Crippen LogP) is -0.117. The lowest BCUT2D eigenvalue weighted by Crippen LogP contribution is -1.73. The van der Waals surface area contributed by atoms with Crippen LogP contribution in [0.1, 0.15) is 19.8 Å². The van der Waals surface area contributed by atoms with Crippen LogP contribution in [0.15, 0.2) is 12.2 Å². The molecule has 50 valence electrons. The van der Waals surface area contributed by atoms with Crippen LogP contribution in [0.3, 0.4) is 0 Å². The molecule has 0 aliphatic heterocycles. The van der Waals surface area contributed by atoms with E-state index in [0.717, 1.165) is 12.8 Å². The summed E-state index contributed by atoms with van der Waals surface area (Å²) in [7, 11) is 0. The molecule has 0 aliphatic rings. The Morgan fingerprint density at radius 3 is 2.38 bits per heavy atom. The molecule has 0 unspecified atom stereocenters. The maximum Gasteiger partial charge on any atom is 0.0465 e. The van der Waals surface area contributed by atoms with Gasteiger partial charge in [0.25, 0.3) is 0 Å². The third-order valence-electron chi connectivity index (χ3n) is 0.698. The van der Waals surface area contributed by atoms with Gasteiger partial charge >= 0.3 is 0 Å². The molecule has 1 nitrogen and oxygen atoms in total. The molecule has 0 saturated carbocycles. The van der Waals surface area contributed by atoms with Crippen molar-refractivity contribution in [1.82, 2.24) is 0 Å². The molecule has 0 saturated heterocycles. The second kappa shape index (κ2) is 10.0. The van der Waals surface area contributed by atoms with Gasteiger partial charge in [0.05, 0.1) is 0 Å². The first kappa shape index (κ1) is 10.8. The summed E-state index contributed by atoms with van der Waals surface area (Å²) < 4.78 is 0. The summed E-state index contributed by atoms with van der Waals surface area (Å²) in [6.07, 6.45) is 5.91. The molecular weight excluding hydrogens is 116 g/mol. The van der Waals surface area contributed by atoms with Crippen molar-refractivity contribution in [3.05, 3.63) is 12.2 Å². The Bertz CT molecular complexity index is 52.5. The van der Waals surface area contributed by atoms with Gasteiger partial charge in [0.2, 0.25) is 0 Å². The molecule has 0 aromatic carbocycles. The van der Waals surface area contributed by atoms with E-state index < -0.39 is 0 Å². The normalized spacial score (nSPS) is 9.25. The Morgan fingerprint density at radius 1 is 1.38 bits per heavy atom. The van der Waals surface area contributed by atoms with E-state index in [1.54, 1.807) is 0 Å². The standard InChI is InChI=1S/C6H12O.H4Si/c1-2-3-4-5-6-7;/h3-4,7H,2,5-6H2,1H3;1H4/b4-3-;. The number of aliphatic hydroxyl groups is 1. The van der Waals surface area contributed by atoms with Gasteiger partial charge in [0, 0.05) is 6.61 Å². The molecule has 0 spiro atoms. The van der Waals surface area contributed by atoms with Gasteiger partial charge in [0.1, 0.15) is 0 Å². The SMILES string of the molecule is CC/C=C\CCO.[SiH4]. The van der Waals surface area contributed by atoms with E-state index in [9.17, 15) is 0 Å². The van der Waals surface area contributed by atoms with Crippen LogP contribution in [0, 0.1) is 0 Å². The average Bonchev–Trinajstić information content (AvgIpc) is 1.69. The Morgan fingerprint density at radius 2 is 2.00 bits per heavy atom. The summed E-state index contributed by atoms with van der Waals surface area (Å²) in [5.74, 6) is 0. The van der Waals surface area contributed by atoms with Gasteiger partial charge in [-0.25, -0.2) is 0 Å². The summed E-state index contributed by atoms with van der Waals surface area (Å²) in [6.45, 7) is 2.35. The van der Waals surface area contributed by atoms with Gasteiger partial charge in [-0.2, -0.15) is 0 Å². The van der Waals surface area contributed by atoms with E-state index in [0.29, 0.717) is 0 Å². The molecule has 0 aliphatic carbocycles. The summed E-state index contributed by atoms with van der Waals surface area (Å²) in [5, 5.41) is 8.24. The molecule has 0 rings (SSSR count). The number of hydrogen-bond donors (Lipinski definition) is 1. The van der Waals surface area contributed by atoms with Gasteiger partial charge in [0.15, 0.2) is 0 Å². The maximum absolute atomic E-state index is 8.24. The molecular formula is C6H16OSi. The van der Waals surface area contributed by atoms with E-state index in [-0.39, 0.29) is 17.6 Å². The van der Waals surface area contributed by atoms with Crippen molar-refractivity contribution in [2.24, 2.45) is 0 Å². The zero-order chi connectivity index (χ0) is 5.54. The third kappa shape index (κ3) is 9.32. The van der Waals surface area contributed by atoms with Crippen molar-refractivity contribution >= 4 is 11.0 Å². The van der Waals surface area contributed by atoms with Crippen LogP contribution in [0.5, 0.6) is 0 Å². The summed E-state index contributed by atoms with van der Waals surface area (Å²) in [5.41, 5.74) is 0. The molecule has 0 amide bonds. The van der Waals surface area contributed by atoms with Crippen LogP contribution < -0.4 is 0 Å². The number of hydrogen-bond acceptors (Lipinski definition) is 1. The lowest BCUT2D eigenvalue weighted by Gasteiger charge is -1.79. The first-order valence-corrected chi connectivity index (χ1v) is 2.67. The number of rotatable bonds is 3. The van der Waals surface area contributed by atoms with Crippen molar-refractivity contribution in [2.45, 2.75) is 19.8 Å². The van der Waals surface area contributed by atoms with E-state index in [1.165, 1.54) is 0 Å². The average molecular weight is 132 g/mol. The molecule has 1 N–H and O–H groups in total. The van der Waals surface area contributed by atoms with Crippen molar-refractivity contribution in [3.8, 4) is 0 Å². The minimum absolute atomic E-state index is 0. The largest absolute Gasteiger partial charge is 0.396 e. The zero-order valence-electron chi connectivity index (χ0n) is 4.72. The van der Waals surface area contributed by atoms with Crippen LogP contribution in [-0.2, 0) is 0 Å². The van der Waals surface area contributed by atoms with Crippen molar-refractivity contribution in [1.29, 1.82) is 0 Å². The molecule has 0 bridgehead atoms. The molecule has 0 aromatic rings. The van der Waals surface area contributed by atoms with Gasteiger partial charge in [-0.05, 0) is 23.8 Å². The quantitative estimate of drug-likeness (QED) is 0.419. The molecule has 0 aromatic heterocycles. The second-order valence-corrected chi connectivity index (χ2v) is 1.39. The monoisotopic (exact) mass is 132 g/mol. The fourth-order valence-corrected chi connectivity index (χ4v) is 0.359. The van der Waals surface area contributed by atoms with E-state index in [1.807, 2.05) is 6.08 Å². The van der Waals surface area contributed by atoms with Crippen molar-refractivity contribution in [2.75, 3.05) is 6.61 Å². The second-order valence-electron chi connectivity index (χ2n) is 1.39. The van der Waals surface area contributed by atoms with Crippen molar-refractivity contribution < 1.29 is 5.11 Å². The van der Waals surface area contributed by atoms with E-state index in [4.69, 9.17) is 5.11 Å². The van der Waals surface area contributed by atoms with Crippen LogP contribution >= 0.6 is 0 Å². The Labute approximate surface area is 55.4 Å². The first-order valence-electron chi connectivity index (χ1n) is 2.67. The van der Waals surface area contributed by atoms with Gasteiger partial charge in [-0.15, -0.1) is 0 Å². The number of allylic oxidation sites excluding steroid dienone is 1. The molecule has 0 radical (unpaired) electrons. The Balaban J connectivity index is 0. The molecule has 0 atom stereocenters. The summed E-state index contributed by atoms with van der Waals surface area (Å²) in [4.78, 5) is 0. The smallest absolute Gasteiger partial charge is 0.0465 e. The van der Waals surface area contributed by atoms with E-state index in [2.05, 4.69) is 13.0 Å². The summed E-state index contributed by atoms with van der Waals surface area (Å²) in [6, 6.07) is 0. The Kier molecular flexibility index (Phi) is 13.5. The maximum atomic E-state index is 8.24. The van der Waals surface area contributed by atoms with Gasteiger partial charge in [-0.1, -0.05) is 19.1 Å². The lowest BCUT2D eigenvalue weighted by atomic mass is 10.3. The highest BCUT2D eigenvalue weighted by Gasteiger charge is 1.68. The zero-order valence-corrected chi connectivity index (χ0v) is 4.72. The topological polar surface area (TPSA) is 20.2 Å². The fourth-order valence-electron chi connectivity index (χ4n) is 0.359. The van der Waals surface area contributed by atoms with Crippen LogP contribution in [0.25, 0.3) is 0 Å². The third-order valence-corrected chi connectivity index (χ3v) is 0.698.